The van der Waals surface area contributed by atoms with Crippen molar-refractivity contribution < 1.29 is 9.28 Å². The van der Waals surface area contributed by atoms with E-state index in [1.54, 1.807) is 0 Å². The maximum atomic E-state index is 11.4. The van der Waals surface area contributed by atoms with Gasteiger partial charge in [-0.1, -0.05) is 0 Å². The molecule has 0 amide bonds. The van der Waals surface area contributed by atoms with Crippen molar-refractivity contribution in [2.75, 3.05) is 14.1 Å². The van der Waals surface area contributed by atoms with E-state index in [1.807, 2.05) is 0 Å². The Kier molecular flexibility index (Phi) is 1.76. The Morgan fingerprint density at radius 3 is 2.58 bits per heavy atom. The Morgan fingerprint density at radius 1 is 1.17 bits per heavy atom. The summed E-state index contributed by atoms with van der Waals surface area (Å²) < 4.78 is 1.10. The first-order valence-electron chi connectivity index (χ1n) is 4.96. The summed E-state index contributed by atoms with van der Waals surface area (Å²) in [6, 6.07) is 1.39. The number of Topliss-reactive ketones (excluding diaryl/α,β-unsaturated/α-hetero) is 1. The van der Waals surface area contributed by atoms with Crippen LogP contribution in [0.25, 0.3) is 0 Å². The molecule has 68 valence electrons. The summed E-state index contributed by atoms with van der Waals surface area (Å²) in [5.41, 5.74) is 0. The minimum absolute atomic E-state index is 0.494. The predicted molar refractivity (Wildman–Crippen MR) is 47.8 cm³/mol. The Morgan fingerprint density at radius 2 is 1.83 bits per heavy atom. The quantitative estimate of drug-likeness (QED) is 0.499. The number of hydrogen-bond donors (Lipinski definition) is 0. The number of nitrogens with zero attached hydrogens (tertiary/aromatic N) is 1. The minimum Gasteiger partial charge on any atom is -0.323 e. The van der Waals surface area contributed by atoms with Gasteiger partial charge in [-0.3, -0.25) is 4.79 Å². The second kappa shape index (κ2) is 2.56. The lowest BCUT2D eigenvalue weighted by atomic mass is 10.0. The summed E-state index contributed by atoms with van der Waals surface area (Å²) in [4.78, 5) is 11.4. The highest BCUT2D eigenvalue weighted by Crippen LogP contribution is 2.36. The molecule has 2 bridgehead atoms. The van der Waals surface area contributed by atoms with Crippen molar-refractivity contribution >= 4 is 5.78 Å². The van der Waals surface area contributed by atoms with E-state index >= 15 is 0 Å². The summed E-state index contributed by atoms with van der Waals surface area (Å²) in [6.45, 7) is 0. The van der Waals surface area contributed by atoms with Crippen molar-refractivity contribution in [1.29, 1.82) is 0 Å². The van der Waals surface area contributed by atoms with Gasteiger partial charge in [-0.05, 0) is 0 Å². The van der Waals surface area contributed by atoms with Crippen molar-refractivity contribution in [3.05, 3.63) is 0 Å². The number of rotatable bonds is 0. The van der Waals surface area contributed by atoms with Crippen molar-refractivity contribution in [1.82, 2.24) is 0 Å². The SMILES string of the molecule is C[N+]1(C)[C@H]2CCC(=O)C[C@H]1CC2. The van der Waals surface area contributed by atoms with Gasteiger partial charge in [0.05, 0.1) is 32.6 Å². The zero-order chi connectivity index (χ0) is 8.77. The first-order chi connectivity index (χ1) is 5.60. The van der Waals surface area contributed by atoms with Gasteiger partial charge in [0.1, 0.15) is 5.78 Å². The van der Waals surface area contributed by atoms with Gasteiger partial charge in [0, 0.05) is 25.7 Å². The molecule has 12 heavy (non-hydrogen) atoms. The van der Waals surface area contributed by atoms with Crippen LogP contribution < -0.4 is 0 Å². The Balaban J connectivity index is 2.23. The van der Waals surface area contributed by atoms with Gasteiger partial charge in [0.15, 0.2) is 0 Å². The Labute approximate surface area is 74.1 Å². The second-order valence-corrected chi connectivity index (χ2v) is 4.80. The van der Waals surface area contributed by atoms with Crippen molar-refractivity contribution in [2.24, 2.45) is 0 Å². The fourth-order valence-electron chi connectivity index (χ4n) is 2.86. The van der Waals surface area contributed by atoms with E-state index in [1.165, 1.54) is 12.8 Å². The normalized spacial score (nSPS) is 39.7. The highest BCUT2D eigenvalue weighted by atomic mass is 16.1. The fraction of sp³-hybridized carbons (Fsp3) is 0.900. The molecule has 2 aliphatic rings. The standard InChI is InChI=1S/C10H18NO/c1-11(2)8-3-4-9(11)7-10(12)6-5-8/h8-9H,3-7H2,1-2H3/q+1/t8-,9-/m1/s1. The van der Waals surface area contributed by atoms with Gasteiger partial charge in [-0.15, -0.1) is 0 Å². The molecule has 0 spiro atoms. The van der Waals surface area contributed by atoms with Gasteiger partial charge < -0.3 is 4.48 Å². The Hall–Kier alpha value is -0.370. The van der Waals surface area contributed by atoms with Crippen LogP contribution in [0, 0.1) is 0 Å². The maximum Gasteiger partial charge on any atom is 0.139 e. The average Bonchev–Trinajstić information content (AvgIpc) is 2.15. The third-order valence-corrected chi connectivity index (χ3v) is 3.94. The van der Waals surface area contributed by atoms with E-state index in [-0.39, 0.29) is 0 Å². The summed E-state index contributed by atoms with van der Waals surface area (Å²) in [7, 11) is 4.59. The van der Waals surface area contributed by atoms with E-state index in [0.29, 0.717) is 11.8 Å². The highest BCUT2D eigenvalue weighted by Gasteiger charge is 2.45. The summed E-state index contributed by atoms with van der Waals surface area (Å²) in [6.07, 6.45) is 5.41. The van der Waals surface area contributed by atoms with Crippen LogP contribution in [0.4, 0.5) is 0 Å². The zero-order valence-electron chi connectivity index (χ0n) is 8.05. The third-order valence-electron chi connectivity index (χ3n) is 3.94. The first kappa shape index (κ1) is 8.24. The highest BCUT2D eigenvalue weighted by molar-refractivity contribution is 5.79. The largest absolute Gasteiger partial charge is 0.323 e. The molecule has 0 aliphatic carbocycles. The third kappa shape index (κ3) is 1.09. The molecule has 2 rings (SSSR count). The van der Waals surface area contributed by atoms with E-state index in [2.05, 4.69) is 14.1 Å². The van der Waals surface area contributed by atoms with Crippen LogP contribution in [0.2, 0.25) is 0 Å². The summed E-state index contributed by atoms with van der Waals surface area (Å²) in [5.74, 6) is 0.494. The van der Waals surface area contributed by atoms with Crippen LogP contribution in [-0.2, 0) is 4.79 Å². The van der Waals surface area contributed by atoms with Crippen LogP contribution in [0.15, 0.2) is 0 Å². The molecule has 2 heteroatoms. The smallest absolute Gasteiger partial charge is 0.139 e. The van der Waals surface area contributed by atoms with E-state index in [0.717, 1.165) is 29.8 Å². The van der Waals surface area contributed by atoms with Crippen LogP contribution in [0.3, 0.4) is 0 Å². The maximum absolute atomic E-state index is 11.4. The summed E-state index contributed by atoms with van der Waals surface area (Å²) in [5, 5.41) is 0. The van der Waals surface area contributed by atoms with Gasteiger partial charge in [0.25, 0.3) is 0 Å². The lowest BCUT2D eigenvalue weighted by Gasteiger charge is -2.35. The second-order valence-electron chi connectivity index (χ2n) is 4.80. The molecule has 2 aliphatic heterocycles. The van der Waals surface area contributed by atoms with Crippen LogP contribution in [0.1, 0.15) is 32.1 Å². The number of quaternary nitrogens is 1. The van der Waals surface area contributed by atoms with Gasteiger partial charge >= 0.3 is 0 Å². The molecule has 2 heterocycles. The lowest BCUT2D eigenvalue weighted by Crippen LogP contribution is -2.48. The Bertz CT molecular complexity index is 210. The topological polar surface area (TPSA) is 17.1 Å². The molecule has 0 aromatic rings. The van der Waals surface area contributed by atoms with E-state index in [9.17, 15) is 4.79 Å². The molecule has 0 radical (unpaired) electrons. The van der Waals surface area contributed by atoms with E-state index < -0.39 is 0 Å². The van der Waals surface area contributed by atoms with Crippen molar-refractivity contribution in [3.8, 4) is 0 Å². The number of ketones is 1. The van der Waals surface area contributed by atoms with Crippen molar-refractivity contribution in [2.45, 2.75) is 44.2 Å². The van der Waals surface area contributed by atoms with Crippen LogP contribution in [0.5, 0.6) is 0 Å². The molecule has 2 nitrogen and oxygen atoms in total. The van der Waals surface area contributed by atoms with Crippen LogP contribution in [-0.4, -0.2) is 36.4 Å². The average molecular weight is 168 g/mol. The summed E-state index contributed by atoms with van der Waals surface area (Å²) >= 11 is 0. The first-order valence-corrected chi connectivity index (χ1v) is 4.96. The van der Waals surface area contributed by atoms with Crippen LogP contribution >= 0.6 is 0 Å². The number of fused-ring (bicyclic) bond motifs is 2. The molecule has 0 N–H and O–H groups in total. The molecule has 0 unspecified atom stereocenters. The molecule has 2 fully saturated rings. The molecular weight excluding hydrogens is 150 g/mol. The monoisotopic (exact) mass is 168 g/mol. The fourth-order valence-corrected chi connectivity index (χ4v) is 2.86. The van der Waals surface area contributed by atoms with Gasteiger partial charge in [-0.2, -0.15) is 0 Å². The molecule has 0 aromatic heterocycles. The zero-order valence-corrected chi connectivity index (χ0v) is 8.05. The molecular formula is C10H18NO+. The number of carbonyl (C=O) groups is 1. The van der Waals surface area contributed by atoms with Gasteiger partial charge in [-0.25, -0.2) is 0 Å². The lowest BCUT2D eigenvalue weighted by molar-refractivity contribution is -0.924. The number of carbonyl (C=O) groups excluding carboxylic acids is 1. The number of hydrogen-bond acceptors (Lipinski definition) is 1. The molecule has 0 saturated carbocycles. The minimum atomic E-state index is 0.494. The molecule has 2 saturated heterocycles. The molecule has 2 atom stereocenters. The predicted octanol–water partition coefficient (Wildman–Crippen LogP) is 1.35. The van der Waals surface area contributed by atoms with Gasteiger partial charge in [0.2, 0.25) is 0 Å². The van der Waals surface area contributed by atoms with Crippen molar-refractivity contribution in [3.63, 3.8) is 0 Å². The molecule has 0 aromatic carbocycles. The van der Waals surface area contributed by atoms with E-state index in [4.69, 9.17) is 0 Å².